The van der Waals surface area contributed by atoms with Crippen LogP contribution in [0.2, 0.25) is 5.02 Å². The second-order valence-corrected chi connectivity index (χ2v) is 5.01. The molecule has 0 aliphatic heterocycles. The summed E-state index contributed by atoms with van der Waals surface area (Å²) in [6.45, 7) is 0.923. The van der Waals surface area contributed by atoms with E-state index in [9.17, 15) is 4.79 Å². The molecular formula is C11H16ClN3O2. The third-order valence-corrected chi connectivity index (χ3v) is 3.70. The van der Waals surface area contributed by atoms with Gasteiger partial charge in [-0.3, -0.25) is 4.79 Å². The maximum atomic E-state index is 11.5. The quantitative estimate of drug-likeness (QED) is 0.826. The summed E-state index contributed by atoms with van der Waals surface area (Å²) in [5, 5.41) is 16.2. The first-order valence-electron chi connectivity index (χ1n) is 5.64. The molecular weight excluding hydrogens is 242 g/mol. The van der Waals surface area contributed by atoms with Crippen LogP contribution in [0.3, 0.4) is 0 Å². The molecule has 0 radical (unpaired) electrons. The number of rotatable bonds is 5. The molecule has 1 aromatic heterocycles. The molecule has 0 atom stereocenters. The molecule has 0 spiro atoms. The lowest BCUT2D eigenvalue weighted by atomic mass is 10.0. The Bertz CT molecular complexity index is 468. The number of aliphatic hydroxyl groups excluding tert-OH is 1. The summed E-state index contributed by atoms with van der Waals surface area (Å²) in [6, 6.07) is 0. The standard InChI is InChI=1S/C11H16ClN3O2/c1-15-10(17)9(12)8(6-14-15)13-7-11(2-3-11)4-5-16/h6,13,16H,2-5,7H2,1H3. The lowest BCUT2D eigenvalue weighted by Crippen LogP contribution is -2.23. The summed E-state index contributed by atoms with van der Waals surface area (Å²) < 4.78 is 1.20. The van der Waals surface area contributed by atoms with Gasteiger partial charge in [-0.1, -0.05) is 11.6 Å². The van der Waals surface area contributed by atoms with E-state index in [0.29, 0.717) is 5.69 Å². The van der Waals surface area contributed by atoms with Crippen molar-refractivity contribution in [3.63, 3.8) is 0 Å². The molecule has 0 bridgehead atoms. The molecule has 17 heavy (non-hydrogen) atoms. The molecule has 6 heteroatoms. The van der Waals surface area contributed by atoms with Crippen LogP contribution in [0.4, 0.5) is 5.69 Å². The van der Waals surface area contributed by atoms with Gasteiger partial charge >= 0.3 is 0 Å². The largest absolute Gasteiger partial charge is 0.396 e. The summed E-state index contributed by atoms with van der Waals surface area (Å²) >= 11 is 5.94. The highest BCUT2D eigenvalue weighted by Gasteiger charge is 2.41. The molecule has 1 fully saturated rings. The molecule has 0 aromatic carbocycles. The zero-order chi connectivity index (χ0) is 12.5. The number of aliphatic hydroxyl groups is 1. The second kappa shape index (κ2) is 4.66. The fourth-order valence-electron chi connectivity index (χ4n) is 1.85. The number of hydrogen-bond donors (Lipinski definition) is 2. The van der Waals surface area contributed by atoms with E-state index in [1.807, 2.05) is 0 Å². The Hall–Kier alpha value is -1.07. The van der Waals surface area contributed by atoms with Crippen molar-refractivity contribution in [2.45, 2.75) is 19.3 Å². The smallest absolute Gasteiger partial charge is 0.287 e. The molecule has 94 valence electrons. The Labute approximate surface area is 104 Å². The van der Waals surface area contributed by atoms with Crippen molar-refractivity contribution in [1.29, 1.82) is 0 Å². The van der Waals surface area contributed by atoms with Gasteiger partial charge in [-0.25, -0.2) is 4.68 Å². The van der Waals surface area contributed by atoms with Crippen molar-refractivity contribution in [2.75, 3.05) is 18.5 Å². The zero-order valence-electron chi connectivity index (χ0n) is 9.74. The van der Waals surface area contributed by atoms with E-state index in [-0.39, 0.29) is 22.6 Å². The van der Waals surface area contributed by atoms with Gasteiger partial charge in [0.15, 0.2) is 0 Å². The van der Waals surface area contributed by atoms with Crippen LogP contribution < -0.4 is 10.9 Å². The third kappa shape index (κ3) is 2.61. The predicted molar refractivity (Wildman–Crippen MR) is 66.3 cm³/mol. The van der Waals surface area contributed by atoms with Gasteiger partial charge in [-0.05, 0) is 24.7 Å². The van der Waals surface area contributed by atoms with E-state index in [2.05, 4.69) is 10.4 Å². The normalized spacial score (nSPS) is 16.9. The Balaban J connectivity index is 2.05. The zero-order valence-corrected chi connectivity index (χ0v) is 10.5. The molecule has 2 N–H and O–H groups in total. The molecule has 0 amide bonds. The molecule has 1 aromatic rings. The van der Waals surface area contributed by atoms with Crippen LogP contribution in [-0.4, -0.2) is 28.0 Å². The van der Waals surface area contributed by atoms with Gasteiger partial charge in [0.1, 0.15) is 5.02 Å². The Morgan fingerprint density at radius 1 is 1.65 bits per heavy atom. The monoisotopic (exact) mass is 257 g/mol. The molecule has 0 saturated heterocycles. The van der Waals surface area contributed by atoms with Crippen LogP contribution in [0.1, 0.15) is 19.3 Å². The van der Waals surface area contributed by atoms with Gasteiger partial charge in [-0.15, -0.1) is 0 Å². The second-order valence-electron chi connectivity index (χ2n) is 4.63. The highest BCUT2D eigenvalue weighted by molar-refractivity contribution is 6.32. The highest BCUT2D eigenvalue weighted by atomic mass is 35.5. The molecule has 1 saturated carbocycles. The van der Waals surface area contributed by atoms with Gasteiger partial charge in [0.05, 0.1) is 11.9 Å². The highest BCUT2D eigenvalue weighted by Crippen LogP contribution is 2.48. The van der Waals surface area contributed by atoms with Gasteiger partial charge in [0, 0.05) is 20.2 Å². The molecule has 1 aliphatic rings. The van der Waals surface area contributed by atoms with Crippen LogP contribution in [0.15, 0.2) is 11.0 Å². The van der Waals surface area contributed by atoms with Crippen molar-refractivity contribution < 1.29 is 5.11 Å². The van der Waals surface area contributed by atoms with Gasteiger partial charge in [0.25, 0.3) is 5.56 Å². The average molecular weight is 258 g/mol. The Morgan fingerprint density at radius 3 is 2.94 bits per heavy atom. The topological polar surface area (TPSA) is 67.2 Å². The Kier molecular flexibility index (Phi) is 3.40. The average Bonchev–Trinajstić information content (AvgIpc) is 3.06. The maximum Gasteiger partial charge on any atom is 0.287 e. The van der Waals surface area contributed by atoms with E-state index in [1.165, 1.54) is 4.68 Å². The van der Waals surface area contributed by atoms with Crippen LogP contribution >= 0.6 is 11.6 Å². The van der Waals surface area contributed by atoms with Crippen LogP contribution in [0.5, 0.6) is 0 Å². The lowest BCUT2D eigenvalue weighted by molar-refractivity contribution is 0.253. The number of halogens is 1. The summed E-state index contributed by atoms with van der Waals surface area (Å²) in [6.07, 6.45) is 4.56. The van der Waals surface area contributed by atoms with Crippen molar-refractivity contribution in [2.24, 2.45) is 12.5 Å². The molecule has 0 unspecified atom stereocenters. The minimum absolute atomic E-state index is 0.169. The number of hydrogen-bond acceptors (Lipinski definition) is 4. The van der Waals surface area contributed by atoms with Crippen molar-refractivity contribution in [1.82, 2.24) is 9.78 Å². The van der Waals surface area contributed by atoms with Crippen LogP contribution in [-0.2, 0) is 7.05 Å². The van der Waals surface area contributed by atoms with E-state index in [1.54, 1.807) is 13.2 Å². The van der Waals surface area contributed by atoms with Gasteiger partial charge < -0.3 is 10.4 Å². The number of aromatic nitrogens is 2. The van der Waals surface area contributed by atoms with E-state index in [4.69, 9.17) is 16.7 Å². The summed E-state index contributed by atoms with van der Waals surface area (Å²) in [5.74, 6) is 0. The molecule has 1 heterocycles. The van der Waals surface area contributed by atoms with E-state index < -0.39 is 0 Å². The van der Waals surface area contributed by atoms with Gasteiger partial charge in [-0.2, -0.15) is 5.10 Å². The van der Waals surface area contributed by atoms with Crippen LogP contribution in [0, 0.1) is 5.41 Å². The van der Waals surface area contributed by atoms with Crippen LogP contribution in [0.25, 0.3) is 0 Å². The number of nitrogens with zero attached hydrogens (tertiary/aromatic N) is 2. The maximum absolute atomic E-state index is 11.5. The summed E-state index contributed by atoms with van der Waals surface area (Å²) in [7, 11) is 1.56. The number of aryl methyl sites for hydroxylation is 1. The predicted octanol–water partition coefficient (Wildman–Crippen LogP) is 1.01. The van der Waals surface area contributed by atoms with Crippen molar-refractivity contribution in [3.05, 3.63) is 21.6 Å². The first-order chi connectivity index (χ1) is 8.08. The fourth-order valence-corrected chi connectivity index (χ4v) is 2.08. The lowest BCUT2D eigenvalue weighted by Gasteiger charge is -2.16. The van der Waals surface area contributed by atoms with Gasteiger partial charge in [0.2, 0.25) is 0 Å². The number of nitrogens with one attached hydrogen (secondary N) is 1. The molecule has 1 aliphatic carbocycles. The fraction of sp³-hybridized carbons (Fsp3) is 0.636. The van der Waals surface area contributed by atoms with E-state index >= 15 is 0 Å². The number of anilines is 1. The third-order valence-electron chi connectivity index (χ3n) is 3.33. The SMILES string of the molecule is Cn1ncc(NCC2(CCO)CC2)c(Cl)c1=O. The minimum atomic E-state index is -0.302. The first-order valence-corrected chi connectivity index (χ1v) is 6.02. The summed E-state index contributed by atoms with van der Waals surface area (Å²) in [5.41, 5.74) is 0.446. The first kappa shape index (κ1) is 12.4. The molecule has 2 rings (SSSR count). The van der Waals surface area contributed by atoms with E-state index in [0.717, 1.165) is 25.8 Å². The Morgan fingerprint density at radius 2 is 2.35 bits per heavy atom. The summed E-state index contributed by atoms with van der Waals surface area (Å²) in [4.78, 5) is 11.5. The molecule has 5 nitrogen and oxygen atoms in total. The van der Waals surface area contributed by atoms with Crippen molar-refractivity contribution >= 4 is 17.3 Å². The minimum Gasteiger partial charge on any atom is -0.396 e. The van der Waals surface area contributed by atoms with Crippen molar-refractivity contribution in [3.8, 4) is 0 Å².